The van der Waals surface area contributed by atoms with Crippen LogP contribution in [0.15, 0.2) is 24.4 Å². The van der Waals surface area contributed by atoms with Gasteiger partial charge >= 0.3 is 0 Å². The molecule has 2 aromatic heterocycles. The summed E-state index contributed by atoms with van der Waals surface area (Å²) in [6, 6.07) is 6.31. The quantitative estimate of drug-likeness (QED) is 0.845. The number of rotatable bonds is 2. The van der Waals surface area contributed by atoms with E-state index in [1.165, 1.54) is 12.8 Å². The third kappa shape index (κ3) is 2.54. The second-order valence-electron chi connectivity index (χ2n) is 6.33. The molecule has 0 atom stereocenters. The Balaban J connectivity index is 1.95. The minimum absolute atomic E-state index is 0.436. The van der Waals surface area contributed by atoms with Crippen molar-refractivity contribution in [3.05, 3.63) is 29.2 Å². The predicted molar refractivity (Wildman–Crippen MR) is 81.9 cm³/mol. The van der Waals surface area contributed by atoms with Crippen LogP contribution in [0.3, 0.4) is 0 Å². The maximum absolute atomic E-state index is 5.43. The van der Waals surface area contributed by atoms with Gasteiger partial charge in [0, 0.05) is 12.2 Å². The zero-order valence-electron chi connectivity index (χ0n) is 12.0. The lowest BCUT2D eigenvalue weighted by atomic mass is 9.75. The van der Waals surface area contributed by atoms with E-state index in [4.69, 9.17) is 12.2 Å². The number of H-pyrrole nitrogens is 1. The highest BCUT2D eigenvalue weighted by atomic mass is 32.1. The van der Waals surface area contributed by atoms with Crippen LogP contribution >= 0.6 is 12.2 Å². The first-order valence-corrected chi connectivity index (χ1v) is 7.56. The number of hydrogen-bond acceptors (Lipinski definition) is 3. The van der Waals surface area contributed by atoms with E-state index < -0.39 is 0 Å². The van der Waals surface area contributed by atoms with Crippen molar-refractivity contribution in [3.8, 4) is 11.5 Å². The normalized spacial score (nSPS) is 19.1. The van der Waals surface area contributed by atoms with Crippen molar-refractivity contribution >= 4 is 12.2 Å². The summed E-state index contributed by atoms with van der Waals surface area (Å²) in [4.78, 5) is 4.40. The van der Waals surface area contributed by atoms with Gasteiger partial charge in [-0.25, -0.2) is 0 Å². The van der Waals surface area contributed by atoms with Crippen LogP contribution in [0.5, 0.6) is 0 Å². The van der Waals surface area contributed by atoms with Crippen LogP contribution in [0, 0.1) is 10.2 Å². The first kappa shape index (κ1) is 13.5. The first-order valence-electron chi connectivity index (χ1n) is 7.15. The Kier molecular flexibility index (Phi) is 3.46. The SMILES string of the molecule is CC1(C)CCC(n2c(-c3ccccn3)n[nH]c2=S)CC1. The minimum atomic E-state index is 0.436. The molecule has 0 aromatic carbocycles. The van der Waals surface area contributed by atoms with E-state index in [0.29, 0.717) is 16.2 Å². The fourth-order valence-electron chi connectivity index (χ4n) is 2.96. The summed E-state index contributed by atoms with van der Waals surface area (Å²) in [5.74, 6) is 0.861. The summed E-state index contributed by atoms with van der Waals surface area (Å²) in [6.45, 7) is 4.69. The molecule has 4 nitrogen and oxygen atoms in total. The maximum atomic E-state index is 5.43. The highest BCUT2D eigenvalue weighted by Gasteiger charge is 2.29. The highest BCUT2D eigenvalue weighted by molar-refractivity contribution is 7.71. The molecule has 1 fully saturated rings. The van der Waals surface area contributed by atoms with Gasteiger partial charge in [0.15, 0.2) is 10.6 Å². The van der Waals surface area contributed by atoms with Gasteiger partial charge in [-0.2, -0.15) is 5.10 Å². The van der Waals surface area contributed by atoms with Gasteiger partial charge in [-0.15, -0.1) is 0 Å². The average molecular weight is 288 g/mol. The second-order valence-corrected chi connectivity index (χ2v) is 6.72. The summed E-state index contributed by atoms with van der Waals surface area (Å²) >= 11 is 5.43. The van der Waals surface area contributed by atoms with Crippen LogP contribution in [0.1, 0.15) is 45.6 Å². The van der Waals surface area contributed by atoms with Gasteiger partial charge in [0.1, 0.15) is 5.69 Å². The molecule has 5 heteroatoms. The predicted octanol–water partition coefficient (Wildman–Crippen LogP) is 4.14. The number of aromatic amines is 1. The number of nitrogens with zero attached hydrogens (tertiary/aromatic N) is 3. The zero-order chi connectivity index (χ0) is 14.2. The summed E-state index contributed by atoms with van der Waals surface area (Å²) in [5.41, 5.74) is 1.33. The van der Waals surface area contributed by atoms with Crippen molar-refractivity contribution in [1.82, 2.24) is 19.7 Å². The highest BCUT2D eigenvalue weighted by Crippen LogP contribution is 2.41. The molecule has 1 N–H and O–H groups in total. The Morgan fingerprint density at radius 1 is 1.30 bits per heavy atom. The van der Waals surface area contributed by atoms with Crippen molar-refractivity contribution < 1.29 is 0 Å². The number of nitrogens with one attached hydrogen (secondary N) is 1. The van der Waals surface area contributed by atoms with Crippen LogP contribution in [0.2, 0.25) is 0 Å². The molecule has 0 bridgehead atoms. The summed E-state index contributed by atoms with van der Waals surface area (Å²) in [7, 11) is 0. The molecule has 0 unspecified atom stereocenters. The van der Waals surface area contributed by atoms with E-state index in [0.717, 1.165) is 24.4 Å². The van der Waals surface area contributed by atoms with Gasteiger partial charge in [0.25, 0.3) is 0 Å². The fraction of sp³-hybridized carbons (Fsp3) is 0.533. The molecular weight excluding hydrogens is 268 g/mol. The van der Waals surface area contributed by atoms with Gasteiger partial charge < -0.3 is 0 Å². The van der Waals surface area contributed by atoms with E-state index in [-0.39, 0.29) is 0 Å². The van der Waals surface area contributed by atoms with Crippen LogP contribution in [0.4, 0.5) is 0 Å². The Morgan fingerprint density at radius 3 is 2.70 bits per heavy atom. The molecule has 1 aliphatic rings. The number of pyridine rings is 1. The molecule has 106 valence electrons. The number of hydrogen-bond donors (Lipinski definition) is 1. The lowest BCUT2D eigenvalue weighted by molar-refractivity contribution is 0.193. The van der Waals surface area contributed by atoms with Gasteiger partial charge in [-0.1, -0.05) is 19.9 Å². The molecule has 20 heavy (non-hydrogen) atoms. The Bertz CT molecular complexity index is 631. The van der Waals surface area contributed by atoms with Crippen LogP contribution in [0.25, 0.3) is 11.5 Å². The fourth-order valence-corrected chi connectivity index (χ4v) is 3.24. The second kappa shape index (κ2) is 5.13. The molecule has 2 heterocycles. The number of aromatic nitrogens is 4. The van der Waals surface area contributed by atoms with Crippen molar-refractivity contribution in [2.45, 2.75) is 45.6 Å². The van der Waals surface area contributed by atoms with Crippen molar-refractivity contribution in [2.75, 3.05) is 0 Å². The maximum Gasteiger partial charge on any atom is 0.195 e. The van der Waals surface area contributed by atoms with E-state index in [1.807, 2.05) is 18.2 Å². The topological polar surface area (TPSA) is 46.5 Å². The molecule has 0 spiro atoms. The Hall–Kier alpha value is -1.49. The van der Waals surface area contributed by atoms with Crippen molar-refractivity contribution in [2.24, 2.45) is 5.41 Å². The summed E-state index contributed by atoms with van der Waals surface area (Å²) in [6.07, 6.45) is 6.56. The summed E-state index contributed by atoms with van der Waals surface area (Å²) < 4.78 is 2.86. The molecule has 3 rings (SSSR count). The Morgan fingerprint density at radius 2 is 2.05 bits per heavy atom. The van der Waals surface area contributed by atoms with Crippen molar-refractivity contribution in [3.63, 3.8) is 0 Å². The standard InChI is InChI=1S/C15H20N4S/c1-15(2)8-6-11(7-9-15)19-13(17-18-14(19)20)12-5-3-4-10-16-12/h3-5,10-11H,6-9H2,1-2H3,(H,18,20). The monoisotopic (exact) mass is 288 g/mol. The molecule has 0 aliphatic heterocycles. The van der Waals surface area contributed by atoms with Gasteiger partial charge in [0.2, 0.25) is 0 Å². The smallest absolute Gasteiger partial charge is 0.195 e. The molecule has 1 aliphatic carbocycles. The lowest BCUT2D eigenvalue weighted by Crippen LogP contribution is -2.24. The van der Waals surface area contributed by atoms with Gasteiger partial charge in [-0.3, -0.25) is 14.6 Å². The van der Waals surface area contributed by atoms with Gasteiger partial charge in [-0.05, 0) is 55.4 Å². The molecule has 0 saturated heterocycles. The molecular formula is C15H20N4S. The largest absolute Gasteiger partial charge is 0.296 e. The third-order valence-corrected chi connectivity index (χ3v) is 4.56. The minimum Gasteiger partial charge on any atom is -0.296 e. The molecule has 1 saturated carbocycles. The van der Waals surface area contributed by atoms with Crippen molar-refractivity contribution in [1.29, 1.82) is 0 Å². The van der Waals surface area contributed by atoms with Crippen LogP contribution in [-0.2, 0) is 0 Å². The van der Waals surface area contributed by atoms with E-state index in [1.54, 1.807) is 6.20 Å². The van der Waals surface area contributed by atoms with E-state index in [9.17, 15) is 0 Å². The van der Waals surface area contributed by atoms with E-state index in [2.05, 4.69) is 33.6 Å². The summed E-state index contributed by atoms with van der Waals surface area (Å²) in [5, 5.41) is 7.31. The molecule has 0 radical (unpaired) electrons. The molecule has 2 aromatic rings. The average Bonchev–Trinajstić information content (AvgIpc) is 2.82. The Labute approximate surface area is 124 Å². The third-order valence-electron chi connectivity index (χ3n) is 4.27. The van der Waals surface area contributed by atoms with Crippen LogP contribution < -0.4 is 0 Å². The lowest BCUT2D eigenvalue weighted by Gasteiger charge is -2.35. The van der Waals surface area contributed by atoms with Gasteiger partial charge in [0.05, 0.1) is 0 Å². The van der Waals surface area contributed by atoms with Crippen LogP contribution in [-0.4, -0.2) is 19.7 Å². The molecule has 0 amide bonds. The zero-order valence-corrected chi connectivity index (χ0v) is 12.8. The first-order chi connectivity index (χ1) is 9.57. The van der Waals surface area contributed by atoms with E-state index >= 15 is 0 Å².